The van der Waals surface area contributed by atoms with Crippen LogP contribution in [0.1, 0.15) is 36.1 Å². The van der Waals surface area contributed by atoms with E-state index < -0.39 is 0 Å². The Kier molecular flexibility index (Phi) is 3.91. The number of fused-ring (bicyclic) bond motifs is 3. The summed E-state index contributed by atoms with van der Waals surface area (Å²) in [6.45, 7) is 4.69. The Morgan fingerprint density at radius 3 is 1.87 bits per heavy atom. The molecule has 0 saturated carbocycles. The van der Waals surface area contributed by atoms with Crippen LogP contribution in [0.3, 0.4) is 0 Å². The van der Waals surface area contributed by atoms with Gasteiger partial charge >= 0.3 is 0 Å². The average molecular weight is 397 g/mol. The van der Waals surface area contributed by atoms with E-state index in [9.17, 15) is 0 Å². The van der Waals surface area contributed by atoms with Crippen molar-refractivity contribution in [3.63, 3.8) is 0 Å². The van der Waals surface area contributed by atoms with Crippen molar-refractivity contribution in [1.29, 1.82) is 0 Å². The molecule has 0 spiro atoms. The van der Waals surface area contributed by atoms with Crippen molar-refractivity contribution < 1.29 is 0 Å². The Bertz CT molecular complexity index is 1500. The normalized spacial score (nSPS) is 18.0. The van der Waals surface area contributed by atoms with Gasteiger partial charge in [0.15, 0.2) is 0 Å². The second-order valence-corrected chi connectivity index (χ2v) is 8.79. The molecule has 1 aliphatic rings. The molecular weight excluding hydrogens is 372 g/mol. The van der Waals surface area contributed by atoms with Crippen LogP contribution in [-0.2, 0) is 5.41 Å². The highest BCUT2D eigenvalue weighted by Gasteiger charge is 2.42. The van der Waals surface area contributed by atoms with Crippen molar-refractivity contribution in [3.8, 4) is 0 Å². The molecule has 0 fully saturated rings. The third-order valence-electron chi connectivity index (χ3n) is 7.11. The highest BCUT2D eigenvalue weighted by Crippen LogP contribution is 2.54. The molecule has 0 amide bonds. The zero-order valence-electron chi connectivity index (χ0n) is 17.9. The van der Waals surface area contributed by atoms with E-state index in [1.807, 2.05) is 0 Å². The number of hydrogen-bond acceptors (Lipinski definition) is 0. The molecule has 0 N–H and O–H groups in total. The van der Waals surface area contributed by atoms with E-state index in [2.05, 4.69) is 123 Å². The van der Waals surface area contributed by atoms with Crippen LogP contribution in [0, 0.1) is 0 Å². The second kappa shape index (κ2) is 6.68. The summed E-state index contributed by atoms with van der Waals surface area (Å²) < 4.78 is 0. The lowest BCUT2D eigenvalue weighted by atomic mass is 9.70. The van der Waals surface area contributed by atoms with Crippen LogP contribution < -0.4 is 0 Å². The lowest BCUT2D eigenvalue weighted by Gasteiger charge is -2.31. The molecule has 1 atom stereocenters. The first-order valence-corrected chi connectivity index (χ1v) is 11.0. The third-order valence-corrected chi connectivity index (χ3v) is 7.11. The molecule has 0 radical (unpaired) electrons. The van der Waals surface area contributed by atoms with Crippen molar-refractivity contribution in [3.05, 3.63) is 131 Å². The molecule has 1 unspecified atom stereocenters. The maximum Gasteiger partial charge on any atom is 0.0438 e. The van der Waals surface area contributed by atoms with Crippen molar-refractivity contribution in [2.75, 3.05) is 0 Å². The van der Waals surface area contributed by atoms with Crippen LogP contribution >= 0.6 is 0 Å². The van der Waals surface area contributed by atoms with Crippen molar-refractivity contribution in [1.82, 2.24) is 0 Å². The van der Waals surface area contributed by atoms with E-state index in [1.165, 1.54) is 54.9 Å². The minimum Gasteiger partial charge on any atom is -0.0619 e. The second-order valence-electron chi connectivity index (χ2n) is 8.79. The molecule has 0 nitrogen and oxygen atoms in total. The van der Waals surface area contributed by atoms with Gasteiger partial charge in [-0.1, -0.05) is 97.1 Å². The molecule has 31 heavy (non-hydrogen) atoms. The zero-order chi connectivity index (χ0) is 21.0. The lowest BCUT2D eigenvalue weighted by Crippen LogP contribution is -2.23. The van der Waals surface area contributed by atoms with E-state index in [0.717, 1.165) is 0 Å². The number of hydrogen-bond donors (Lipinski definition) is 0. The van der Waals surface area contributed by atoms with Gasteiger partial charge in [0.1, 0.15) is 0 Å². The molecule has 1 aliphatic carbocycles. The fraction of sp³-hybridized carbons (Fsp3) is 0.0968. The molecule has 0 bridgehead atoms. The molecule has 0 saturated heterocycles. The maximum absolute atomic E-state index is 2.40. The van der Waals surface area contributed by atoms with Crippen LogP contribution in [0.15, 0.2) is 109 Å². The van der Waals surface area contributed by atoms with Crippen LogP contribution in [-0.4, -0.2) is 0 Å². The van der Waals surface area contributed by atoms with Crippen molar-refractivity contribution in [2.45, 2.75) is 19.3 Å². The van der Waals surface area contributed by atoms with E-state index in [4.69, 9.17) is 0 Å². The molecule has 0 heteroatoms. The third kappa shape index (κ3) is 2.61. The maximum atomic E-state index is 2.40. The van der Waals surface area contributed by atoms with Crippen LogP contribution in [0.2, 0.25) is 0 Å². The molecule has 148 valence electrons. The highest BCUT2D eigenvalue weighted by atomic mass is 14.4. The molecule has 5 aromatic carbocycles. The van der Waals surface area contributed by atoms with Gasteiger partial charge in [0.05, 0.1) is 0 Å². The zero-order valence-corrected chi connectivity index (χ0v) is 17.9. The minimum absolute atomic E-state index is 0.201. The van der Waals surface area contributed by atoms with Gasteiger partial charge in [-0.05, 0) is 80.9 Å². The smallest absolute Gasteiger partial charge is 0.0438 e. The molecule has 0 heterocycles. The fourth-order valence-electron chi connectivity index (χ4n) is 5.54. The van der Waals surface area contributed by atoms with Crippen molar-refractivity contribution >= 4 is 32.7 Å². The number of allylic oxidation sites excluding steroid dienone is 2. The Morgan fingerprint density at radius 1 is 0.548 bits per heavy atom. The van der Waals surface area contributed by atoms with Gasteiger partial charge in [-0.2, -0.15) is 0 Å². The SMILES string of the molecule is CC1=C(c2ccc3ccccc3c2)C(C)(c2ccc3ccccc3c2)c2ccccc21. The van der Waals surface area contributed by atoms with Gasteiger partial charge in [0, 0.05) is 5.41 Å². The van der Waals surface area contributed by atoms with Gasteiger partial charge in [-0.25, -0.2) is 0 Å². The average Bonchev–Trinajstić information content (AvgIpc) is 3.06. The monoisotopic (exact) mass is 396 g/mol. The van der Waals surface area contributed by atoms with Crippen LogP contribution in [0.5, 0.6) is 0 Å². The molecule has 0 aliphatic heterocycles. The first kappa shape index (κ1) is 18.2. The first-order chi connectivity index (χ1) is 15.2. The number of rotatable bonds is 2. The quantitative estimate of drug-likeness (QED) is 0.282. The Morgan fingerprint density at radius 2 is 1.13 bits per heavy atom. The summed E-state index contributed by atoms with van der Waals surface area (Å²) in [5, 5.41) is 5.15. The summed E-state index contributed by atoms with van der Waals surface area (Å²) in [5.74, 6) is 0. The van der Waals surface area contributed by atoms with Gasteiger partial charge < -0.3 is 0 Å². The predicted molar refractivity (Wildman–Crippen MR) is 133 cm³/mol. The summed E-state index contributed by atoms with van der Waals surface area (Å²) >= 11 is 0. The fourth-order valence-corrected chi connectivity index (χ4v) is 5.54. The van der Waals surface area contributed by atoms with Gasteiger partial charge in [0.25, 0.3) is 0 Å². The topological polar surface area (TPSA) is 0 Å². The standard InChI is InChI=1S/C31H24/c1-21-28-13-7-8-14-29(28)31(2,27-18-17-23-10-4-6-12-25(23)20-27)30(21)26-16-15-22-9-3-5-11-24(22)19-26/h3-20H,1-2H3. The summed E-state index contributed by atoms with van der Waals surface area (Å²) in [4.78, 5) is 0. The highest BCUT2D eigenvalue weighted by molar-refractivity contribution is 6.04. The van der Waals surface area contributed by atoms with Gasteiger partial charge in [-0.3, -0.25) is 0 Å². The van der Waals surface area contributed by atoms with Crippen LogP contribution in [0.4, 0.5) is 0 Å². The molecule has 0 aromatic heterocycles. The number of benzene rings is 5. The predicted octanol–water partition coefficient (Wildman–Crippen LogP) is 8.24. The summed E-state index contributed by atoms with van der Waals surface area (Å²) in [6, 6.07) is 40.1. The summed E-state index contributed by atoms with van der Waals surface area (Å²) in [5.41, 5.74) is 8.00. The molecule has 5 aromatic rings. The van der Waals surface area contributed by atoms with E-state index >= 15 is 0 Å². The Balaban J connectivity index is 1.65. The first-order valence-electron chi connectivity index (χ1n) is 11.0. The molecule has 6 rings (SSSR count). The Labute approximate surface area is 183 Å². The van der Waals surface area contributed by atoms with Gasteiger partial charge in [-0.15, -0.1) is 0 Å². The Hall–Kier alpha value is -3.64. The molecular formula is C31H24. The summed E-state index contributed by atoms with van der Waals surface area (Å²) in [7, 11) is 0. The largest absolute Gasteiger partial charge is 0.0619 e. The van der Waals surface area contributed by atoms with Crippen LogP contribution in [0.25, 0.3) is 32.7 Å². The van der Waals surface area contributed by atoms with E-state index in [-0.39, 0.29) is 5.41 Å². The summed E-state index contributed by atoms with van der Waals surface area (Å²) in [6.07, 6.45) is 0. The van der Waals surface area contributed by atoms with E-state index in [0.29, 0.717) is 0 Å². The van der Waals surface area contributed by atoms with Crippen molar-refractivity contribution in [2.24, 2.45) is 0 Å². The van der Waals surface area contributed by atoms with Gasteiger partial charge in [0.2, 0.25) is 0 Å². The van der Waals surface area contributed by atoms with E-state index in [1.54, 1.807) is 0 Å². The minimum atomic E-state index is -0.201. The lowest BCUT2D eigenvalue weighted by molar-refractivity contribution is 0.760.